The van der Waals surface area contributed by atoms with Gasteiger partial charge >= 0.3 is 0 Å². The molecule has 106 valence electrons. The van der Waals surface area contributed by atoms with Crippen molar-refractivity contribution < 1.29 is 8.78 Å². The van der Waals surface area contributed by atoms with Gasteiger partial charge in [0, 0.05) is 25.2 Å². The summed E-state index contributed by atoms with van der Waals surface area (Å²) in [5.41, 5.74) is 0. The molecule has 2 aliphatic rings. The van der Waals surface area contributed by atoms with E-state index >= 15 is 0 Å². The van der Waals surface area contributed by atoms with Crippen molar-refractivity contribution in [2.24, 2.45) is 11.8 Å². The Hall–Kier alpha value is -0.220. The van der Waals surface area contributed by atoms with Crippen molar-refractivity contribution >= 4 is 0 Å². The molecule has 18 heavy (non-hydrogen) atoms. The third-order valence-corrected chi connectivity index (χ3v) is 4.66. The molecule has 3 unspecified atom stereocenters. The van der Waals surface area contributed by atoms with Crippen molar-refractivity contribution in [3.8, 4) is 0 Å². The zero-order chi connectivity index (χ0) is 13.1. The van der Waals surface area contributed by atoms with E-state index in [1.165, 1.54) is 19.3 Å². The van der Waals surface area contributed by atoms with Crippen LogP contribution in [0.3, 0.4) is 0 Å². The summed E-state index contributed by atoms with van der Waals surface area (Å²) in [5.74, 6) is 1.45. The van der Waals surface area contributed by atoms with E-state index in [1.807, 2.05) is 0 Å². The van der Waals surface area contributed by atoms with Gasteiger partial charge in [-0.15, -0.1) is 0 Å². The zero-order valence-corrected chi connectivity index (χ0v) is 11.5. The summed E-state index contributed by atoms with van der Waals surface area (Å²) in [4.78, 5) is 2.52. The van der Waals surface area contributed by atoms with Gasteiger partial charge < -0.3 is 5.32 Å². The molecule has 0 bridgehead atoms. The van der Waals surface area contributed by atoms with Crippen LogP contribution < -0.4 is 5.32 Å². The maximum atomic E-state index is 12.3. The van der Waals surface area contributed by atoms with Gasteiger partial charge in [0.2, 0.25) is 0 Å². The molecule has 0 aromatic rings. The van der Waals surface area contributed by atoms with E-state index in [2.05, 4.69) is 24.1 Å². The average Bonchev–Trinajstić information content (AvgIpc) is 2.23. The molecule has 1 saturated heterocycles. The minimum Gasteiger partial charge on any atom is -0.307 e. The highest BCUT2D eigenvalue weighted by Gasteiger charge is 2.33. The molecule has 1 heterocycles. The number of likely N-dealkylation sites (tertiary alicyclic amines) is 1. The summed E-state index contributed by atoms with van der Waals surface area (Å²) < 4.78 is 24.5. The van der Waals surface area contributed by atoms with Crippen molar-refractivity contribution in [1.82, 2.24) is 10.2 Å². The van der Waals surface area contributed by atoms with E-state index < -0.39 is 6.43 Å². The Bertz CT molecular complexity index is 256. The van der Waals surface area contributed by atoms with Crippen molar-refractivity contribution in [3.63, 3.8) is 0 Å². The molecule has 0 aromatic heterocycles. The van der Waals surface area contributed by atoms with Crippen LogP contribution in [0.5, 0.6) is 0 Å². The van der Waals surface area contributed by atoms with Gasteiger partial charge in [-0.1, -0.05) is 13.3 Å². The molecular formula is C14H26F2N2. The zero-order valence-electron chi connectivity index (χ0n) is 11.5. The van der Waals surface area contributed by atoms with Crippen molar-refractivity contribution in [2.45, 2.75) is 58.0 Å². The lowest BCUT2D eigenvalue weighted by atomic mass is 9.79. The molecule has 0 aromatic carbocycles. The second kappa shape index (κ2) is 6.29. The third-order valence-electron chi connectivity index (χ3n) is 4.66. The van der Waals surface area contributed by atoms with Crippen LogP contribution in [-0.2, 0) is 0 Å². The Labute approximate surface area is 109 Å². The highest BCUT2D eigenvalue weighted by molar-refractivity contribution is 4.88. The van der Waals surface area contributed by atoms with Gasteiger partial charge in [0.05, 0.1) is 6.54 Å². The first kappa shape index (κ1) is 14.2. The molecule has 1 aliphatic carbocycles. The number of rotatable bonds is 5. The lowest BCUT2D eigenvalue weighted by Crippen LogP contribution is -2.54. The minimum atomic E-state index is -2.24. The maximum absolute atomic E-state index is 12.3. The Kier molecular flexibility index (Phi) is 4.96. The monoisotopic (exact) mass is 260 g/mol. The lowest BCUT2D eigenvalue weighted by molar-refractivity contribution is 0.0502. The highest BCUT2D eigenvalue weighted by Crippen LogP contribution is 2.33. The Morgan fingerprint density at radius 2 is 2.00 bits per heavy atom. The van der Waals surface area contributed by atoms with Crippen LogP contribution in [0.1, 0.15) is 39.5 Å². The lowest BCUT2D eigenvalue weighted by Gasteiger charge is -2.45. The summed E-state index contributed by atoms with van der Waals surface area (Å²) in [6.45, 7) is 6.45. The fourth-order valence-electron chi connectivity index (χ4n) is 3.35. The first-order valence-electron chi connectivity index (χ1n) is 7.32. The van der Waals surface area contributed by atoms with Crippen LogP contribution in [0.2, 0.25) is 0 Å². The van der Waals surface area contributed by atoms with Crippen LogP contribution in [0, 0.1) is 11.8 Å². The second-order valence-electron chi connectivity index (χ2n) is 6.22. The van der Waals surface area contributed by atoms with Gasteiger partial charge in [-0.3, -0.25) is 4.90 Å². The summed E-state index contributed by atoms with van der Waals surface area (Å²) in [6, 6.07) is 0.864. The first-order chi connectivity index (χ1) is 8.56. The number of hydrogen-bond acceptors (Lipinski definition) is 2. The van der Waals surface area contributed by atoms with Gasteiger partial charge in [0.25, 0.3) is 6.43 Å². The molecular weight excluding hydrogens is 234 g/mol. The number of piperidine rings is 1. The molecule has 1 saturated carbocycles. The molecule has 0 amide bonds. The average molecular weight is 260 g/mol. The molecule has 3 atom stereocenters. The smallest absolute Gasteiger partial charge is 0.250 e. The van der Waals surface area contributed by atoms with Gasteiger partial charge in [0.1, 0.15) is 0 Å². The predicted molar refractivity (Wildman–Crippen MR) is 70.0 cm³/mol. The van der Waals surface area contributed by atoms with Gasteiger partial charge in [-0.25, -0.2) is 8.78 Å². The Morgan fingerprint density at radius 1 is 1.28 bits per heavy atom. The fraction of sp³-hybridized carbons (Fsp3) is 1.00. The molecule has 2 rings (SSSR count). The molecule has 0 radical (unpaired) electrons. The van der Waals surface area contributed by atoms with E-state index in [4.69, 9.17) is 0 Å². The van der Waals surface area contributed by atoms with Crippen molar-refractivity contribution in [2.75, 3.05) is 19.6 Å². The van der Waals surface area contributed by atoms with Crippen molar-refractivity contribution in [3.05, 3.63) is 0 Å². The maximum Gasteiger partial charge on any atom is 0.250 e. The Balaban J connectivity index is 1.83. The standard InChI is InChI=1S/C14H26F2N2/c1-10-6-13(17-7-14(15)16)9-18(8-10)11(2)12-4-3-5-12/h10-14,17H,3-9H2,1-2H3. The van der Waals surface area contributed by atoms with Gasteiger partial charge in [-0.05, 0) is 38.0 Å². The second-order valence-corrected chi connectivity index (χ2v) is 6.22. The molecule has 1 aliphatic heterocycles. The molecule has 2 fully saturated rings. The largest absolute Gasteiger partial charge is 0.307 e. The summed E-state index contributed by atoms with van der Waals surface area (Å²) in [6.07, 6.45) is 2.86. The topological polar surface area (TPSA) is 15.3 Å². The summed E-state index contributed by atoms with van der Waals surface area (Å²) >= 11 is 0. The van der Waals surface area contributed by atoms with E-state index in [1.54, 1.807) is 0 Å². The number of nitrogens with one attached hydrogen (secondary N) is 1. The van der Waals surface area contributed by atoms with Crippen molar-refractivity contribution in [1.29, 1.82) is 0 Å². The van der Waals surface area contributed by atoms with Crippen LogP contribution >= 0.6 is 0 Å². The van der Waals surface area contributed by atoms with E-state index in [9.17, 15) is 8.78 Å². The molecule has 4 heteroatoms. The number of halogens is 2. The van der Waals surface area contributed by atoms with Gasteiger partial charge in [-0.2, -0.15) is 0 Å². The number of alkyl halides is 2. The Morgan fingerprint density at radius 3 is 2.56 bits per heavy atom. The number of hydrogen-bond donors (Lipinski definition) is 1. The quantitative estimate of drug-likeness (QED) is 0.817. The van der Waals surface area contributed by atoms with Crippen LogP contribution in [0.15, 0.2) is 0 Å². The highest BCUT2D eigenvalue weighted by atomic mass is 19.3. The van der Waals surface area contributed by atoms with E-state index in [0.29, 0.717) is 12.0 Å². The SMILES string of the molecule is CC1CC(NCC(F)F)CN(C(C)C2CCC2)C1. The van der Waals surface area contributed by atoms with Gasteiger partial charge in [0.15, 0.2) is 0 Å². The number of nitrogens with zero attached hydrogens (tertiary/aromatic N) is 1. The normalized spacial score (nSPS) is 32.5. The molecule has 1 N–H and O–H groups in total. The fourth-order valence-corrected chi connectivity index (χ4v) is 3.35. The molecule has 0 spiro atoms. The summed E-state index contributed by atoms with van der Waals surface area (Å²) in [5, 5.41) is 3.02. The van der Waals surface area contributed by atoms with Crippen LogP contribution in [0.25, 0.3) is 0 Å². The first-order valence-corrected chi connectivity index (χ1v) is 7.32. The van der Waals surface area contributed by atoms with E-state index in [-0.39, 0.29) is 12.6 Å². The third kappa shape index (κ3) is 3.64. The van der Waals surface area contributed by atoms with Crippen LogP contribution in [-0.4, -0.2) is 43.0 Å². The minimum absolute atomic E-state index is 0.164. The molecule has 2 nitrogen and oxygen atoms in total. The van der Waals surface area contributed by atoms with Crippen LogP contribution in [0.4, 0.5) is 8.78 Å². The predicted octanol–water partition coefficient (Wildman–Crippen LogP) is 2.74. The van der Waals surface area contributed by atoms with E-state index in [0.717, 1.165) is 25.4 Å². The summed E-state index contributed by atoms with van der Waals surface area (Å²) in [7, 11) is 0.